The third kappa shape index (κ3) is 3.13. The molecule has 4 rings (SSSR count). The van der Waals surface area contributed by atoms with Crippen molar-refractivity contribution in [3.8, 4) is 5.75 Å². The first-order valence-corrected chi connectivity index (χ1v) is 8.98. The summed E-state index contributed by atoms with van der Waals surface area (Å²) in [6.07, 6.45) is 7.39. The molecule has 7 heteroatoms. The van der Waals surface area contributed by atoms with E-state index in [2.05, 4.69) is 31.6 Å². The van der Waals surface area contributed by atoms with Crippen molar-refractivity contribution >= 4 is 11.6 Å². The molecule has 0 bridgehead atoms. The van der Waals surface area contributed by atoms with Crippen LogP contribution in [0.15, 0.2) is 18.5 Å². The second-order valence-electron chi connectivity index (χ2n) is 6.72. The van der Waals surface area contributed by atoms with Crippen LogP contribution >= 0.6 is 11.6 Å². The fraction of sp³-hybridized carbons (Fsp3) is 0.588. The quantitative estimate of drug-likeness (QED) is 0.832. The van der Waals surface area contributed by atoms with E-state index >= 15 is 0 Å². The van der Waals surface area contributed by atoms with Gasteiger partial charge in [0.2, 0.25) is 0 Å². The van der Waals surface area contributed by atoms with Gasteiger partial charge in [-0.3, -0.25) is 9.88 Å². The van der Waals surface area contributed by atoms with Gasteiger partial charge in [0.05, 0.1) is 17.3 Å². The summed E-state index contributed by atoms with van der Waals surface area (Å²) < 4.78 is 7.96. The van der Waals surface area contributed by atoms with Gasteiger partial charge in [-0.25, -0.2) is 0 Å². The average molecular weight is 348 g/mol. The molecule has 0 aromatic carbocycles. The molecule has 2 aromatic rings. The van der Waals surface area contributed by atoms with Gasteiger partial charge >= 0.3 is 0 Å². The lowest BCUT2D eigenvalue weighted by Crippen LogP contribution is -2.41. The molecule has 0 unspecified atom stereocenters. The second kappa shape index (κ2) is 6.69. The summed E-state index contributed by atoms with van der Waals surface area (Å²) in [5.74, 6) is 3.43. The zero-order valence-corrected chi connectivity index (χ0v) is 14.6. The summed E-state index contributed by atoms with van der Waals surface area (Å²) in [6, 6.07) is 2.07. The monoisotopic (exact) mass is 347 g/mol. The minimum absolute atomic E-state index is 0.313. The number of rotatable bonds is 5. The normalized spacial score (nSPS) is 21.3. The molecule has 1 saturated carbocycles. The number of ether oxygens (including phenoxy) is 1. The summed E-state index contributed by atoms with van der Waals surface area (Å²) in [4.78, 5) is 6.57. The van der Waals surface area contributed by atoms with Gasteiger partial charge < -0.3 is 9.30 Å². The van der Waals surface area contributed by atoms with Crippen LogP contribution in [-0.2, 0) is 13.2 Å². The van der Waals surface area contributed by atoms with Crippen LogP contribution in [0, 0.1) is 5.92 Å². The van der Waals surface area contributed by atoms with Crippen molar-refractivity contribution in [1.82, 2.24) is 24.6 Å². The van der Waals surface area contributed by atoms with E-state index in [0.717, 1.165) is 30.7 Å². The zero-order chi connectivity index (χ0) is 16.5. The number of hydrogen-bond acceptors (Lipinski definition) is 5. The first kappa shape index (κ1) is 15.8. The van der Waals surface area contributed by atoms with E-state index in [-0.39, 0.29) is 0 Å². The predicted molar refractivity (Wildman–Crippen MR) is 90.9 cm³/mol. The molecule has 0 saturated heterocycles. The Labute approximate surface area is 146 Å². The standard InChI is InChI=1S/C17H22ClN5O/c1-12-17-21-20-16(11-24-15-7-14(18)8-19-9-15)23(17)6-5-22(12)10-13-3-2-4-13/h7-9,12-13H,2-6,10-11H2,1H3/t12-/m0/s1. The number of pyridine rings is 1. The van der Waals surface area contributed by atoms with Crippen molar-refractivity contribution in [2.45, 2.75) is 45.4 Å². The Morgan fingerprint density at radius 1 is 1.25 bits per heavy atom. The molecule has 1 fully saturated rings. The third-order valence-electron chi connectivity index (χ3n) is 5.15. The molecule has 24 heavy (non-hydrogen) atoms. The van der Waals surface area contributed by atoms with Crippen molar-refractivity contribution in [2.75, 3.05) is 13.1 Å². The van der Waals surface area contributed by atoms with Crippen molar-refractivity contribution in [3.05, 3.63) is 35.1 Å². The number of halogens is 1. The highest BCUT2D eigenvalue weighted by Crippen LogP contribution is 2.32. The fourth-order valence-electron chi connectivity index (χ4n) is 3.47. The Bertz CT molecular complexity index is 715. The topological polar surface area (TPSA) is 56.1 Å². The molecule has 1 aliphatic heterocycles. The molecule has 3 heterocycles. The van der Waals surface area contributed by atoms with E-state index < -0.39 is 0 Å². The van der Waals surface area contributed by atoms with Crippen LogP contribution in [0.2, 0.25) is 5.02 Å². The molecule has 1 atom stereocenters. The number of fused-ring (bicyclic) bond motifs is 1. The first-order chi connectivity index (χ1) is 11.7. The smallest absolute Gasteiger partial charge is 0.171 e. The minimum atomic E-state index is 0.313. The van der Waals surface area contributed by atoms with Gasteiger partial charge in [0.25, 0.3) is 0 Å². The maximum Gasteiger partial charge on any atom is 0.171 e. The van der Waals surface area contributed by atoms with E-state index in [1.807, 2.05) is 0 Å². The summed E-state index contributed by atoms with van der Waals surface area (Å²) >= 11 is 5.93. The van der Waals surface area contributed by atoms with Gasteiger partial charge in [0.15, 0.2) is 5.82 Å². The lowest BCUT2D eigenvalue weighted by atomic mass is 9.84. The van der Waals surface area contributed by atoms with Crippen LogP contribution in [0.1, 0.15) is 43.9 Å². The molecule has 6 nitrogen and oxygen atoms in total. The van der Waals surface area contributed by atoms with E-state index in [9.17, 15) is 0 Å². The molecule has 2 aliphatic rings. The highest BCUT2D eigenvalue weighted by Gasteiger charge is 2.31. The molecule has 1 aliphatic carbocycles. The zero-order valence-electron chi connectivity index (χ0n) is 13.9. The van der Waals surface area contributed by atoms with Gasteiger partial charge in [-0.1, -0.05) is 18.0 Å². The Hall–Kier alpha value is -1.66. The fourth-order valence-corrected chi connectivity index (χ4v) is 3.63. The van der Waals surface area contributed by atoms with Gasteiger partial charge in [-0.2, -0.15) is 0 Å². The summed E-state index contributed by atoms with van der Waals surface area (Å²) in [6.45, 7) is 5.77. The maximum atomic E-state index is 5.93. The lowest BCUT2D eigenvalue weighted by Gasteiger charge is -2.38. The molecule has 0 amide bonds. The van der Waals surface area contributed by atoms with Gasteiger partial charge in [-0.15, -0.1) is 10.2 Å². The van der Waals surface area contributed by atoms with Crippen molar-refractivity contribution in [3.63, 3.8) is 0 Å². The SMILES string of the molecule is C[C@H]1c2nnc(COc3cncc(Cl)c3)n2CCN1CC1CCC1. The summed E-state index contributed by atoms with van der Waals surface area (Å²) in [5, 5.41) is 9.33. The Morgan fingerprint density at radius 2 is 2.12 bits per heavy atom. The van der Waals surface area contributed by atoms with Crippen LogP contribution in [0.25, 0.3) is 0 Å². The molecule has 0 radical (unpaired) electrons. The molecule has 0 spiro atoms. The molecular formula is C17H22ClN5O. The van der Waals surface area contributed by atoms with Crippen molar-refractivity contribution < 1.29 is 4.74 Å². The molecular weight excluding hydrogens is 326 g/mol. The van der Waals surface area contributed by atoms with Crippen LogP contribution in [-0.4, -0.2) is 37.7 Å². The third-order valence-corrected chi connectivity index (χ3v) is 5.36. The Kier molecular flexibility index (Phi) is 4.41. The Balaban J connectivity index is 1.43. The molecule has 2 aromatic heterocycles. The average Bonchev–Trinajstić information content (AvgIpc) is 2.95. The van der Waals surface area contributed by atoms with Gasteiger partial charge in [0.1, 0.15) is 18.2 Å². The van der Waals surface area contributed by atoms with Crippen LogP contribution in [0.3, 0.4) is 0 Å². The van der Waals surface area contributed by atoms with E-state index in [1.165, 1.54) is 25.8 Å². The van der Waals surface area contributed by atoms with E-state index in [1.54, 1.807) is 18.5 Å². The second-order valence-corrected chi connectivity index (χ2v) is 7.16. The van der Waals surface area contributed by atoms with Crippen LogP contribution in [0.4, 0.5) is 0 Å². The summed E-state index contributed by atoms with van der Waals surface area (Å²) in [5.41, 5.74) is 0. The Morgan fingerprint density at radius 3 is 2.88 bits per heavy atom. The number of nitrogens with zero attached hydrogens (tertiary/aromatic N) is 5. The van der Waals surface area contributed by atoms with E-state index in [0.29, 0.717) is 23.4 Å². The largest absolute Gasteiger partial charge is 0.484 e. The van der Waals surface area contributed by atoms with E-state index in [4.69, 9.17) is 16.3 Å². The lowest BCUT2D eigenvalue weighted by molar-refractivity contribution is 0.110. The minimum Gasteiger partial charge on any atom is -0.484 e. The maximum absolute atomic E-state index is 5.93. The van der Waals surface area contributed by atoms with Gasteiger partial charge in [-0.05, 0) is 25.7 Å². The van der Waals surface area contributed by atoms with Crippen molar-refractivity contribution in [1.29, 1.82) is 0 Å². The number of hydrogen-bond donors (Lipinski definition) is 0. The number of aromatic nitrogens is 4. The predicted octanol–water partition coefficient (Wildman–Crippen LogP) is 3.08. The molecule has 0 N–H and O–H groups in total. The first-order valence-electron chi connectivity index (χ1n) is 8.60. The highest BCUT2D eigenvalue weighted by atomic mass is 35.5. The van der Waals surface area contributed by atoms with Gasteiger partial charge in [0, 0.05) is 31.9 Å². The summed E-state index contributed by atoms with van der Waals surface area (Å²) in [7, 11) is 0. The highest BCUT2D eigenvalue weighted by molar-refractivity contribution is 6.30. The van der Waals surface area contributed by atoms with Crippen LogP contribution < -0.4 is 4.74 Å². The van der Waals surface area contributed by atoms with Crippen molar-refractivity contribution in [2.24, 2.45) is 5.92 Å². The molecule has 128 valence electrons. The van der Waals surface area contributed by atoms with Crippen LogP contribution in [0.5, 0.6) is 5.75 Å².